The first-order valence-corrected chi connectivity index (χ1v) is 10.0. The molecule has 5 nitrogen and oxygen atoms in total. The largest absolute Gasteiger partial charge is 0.379 e. The lowest BCUT2D eigenvalue weighted by atomic mass is 9.89. The fourth-order valence-electron chi connectivity index (χ4n) is 3.59. The summed E-state index contributed by atoms with van der Waals surface area (Å²) in [5.41, 5.74) is -0.305. The summed E-state index contributed by atoms with van der Waals surface area (Å²) in [6.45, 7) is 3.69. The van der Waals surface area contributed by atoms with Crippen LogP contribution in [0.4, 0.5) is 8.78 Å². The smallest absolute Gasteiger partial charge is 0.243 e. The molecule has 0 amide bonds. The van der Waals surface area contributed by atoms with Crippen molar-refractivity contribution in [3.63, 3.8) is 0 Å². The van der Waals surface area contributed by atoms with Gasteiger partial charge in [0, 0.05) is 25.8 Å². The SMILES string of the molecule is CCOC[C@H]1CCC2(CCN(S(=O)(=O)c3cc(F)cc(F)c3)CC2)O1. The van der Waals surface area contributed by atoms with Crippen LogP contribution in [0.25, 0.3) is 0 Å². The zero-order valence-electron chi connectivity index (χ0n) is 14.2. The molecule has 0 saturated carbocycles. The van der Waals surface area contributed by atoms with Gasteiger partial charge in [0.15, 0.2) is 0 Å². The molecule has 0 N–H and O–H groups in total. The number of sulfonamides is 1. The zero-order valence-corrected chi connectivity index (χ0v) is 15.0. The van der Waals surface area contributed by atoms with Crippen LogP contribution in [-0.2, 0) is 19.5 Å². The first-order chi connectivity index (χ1) is 11.8. The quantitative estimate of drug-likeness (QED) is 0.794. The normalized spacial score (nSPS) is 24.0. The van der Waals surface area contributed by atoms with E-state index in [4.69, 9.17) is 9.47 Å². The van der Waals surface area contributed by atoms with E-state index in [1.165, 1.54) is 4.31 Å². The number of ether oxygens (including phenoxy) is 2. The van der Waals surface area contributed by atoms with Crippen LogP contribution in [0.15, 0.2) is 23.1 Å². The average molecular weight is 375 g/mol. The minimum absolute atomic E-state index is 0.0559. The van der Waals surface area contributed by atoms with Gasteiger partial charge in [-0.1, -0.05) is 0 Å². The first-order valence-electron chi connectivity index (χ1n) is 8.56. The lowest BCUT2D eigenvalue weighted by Gasteiger charge is -2.38. The van der Waals surface area contributed by atoms with Gasteiger partial charge in [-0.2, -0.15) is 4.31 Å². The van der Waals surface area contributed by atoms with E-state index >= 15 is 0 Å². The topological polar surface area (TPSA) is 55.8 Å². The van der Waals surface area contributed by atoms with E-state index in [1.807, 2.05) is 6.92 Å². The van der Waals surface area contributed by atoms with E-state index in [0.29, 0.717) is 32.1 Å². The first kappa shape index (κ1) is 18.7. The van der Waals surface area contributed by atoms with Crippen LogP contribution < -0.4 is 0 Å². The van der Waals surface area contributed by atoms with Gasteiger partial charge >= 0.3 is 0 Å². The van der Waals surface area contributed by atoms with E-state index in [1.54, 1.807) is 0 Å². The van der Waals surface area contributed by atoms with Crippen molar-refractivity contribution in [3.05, 3.63) is 29.8 Å². The molecule has 2 aliphatic heterocycles. The van der Waals surface area contributed by atoms with Crippen molar-refractivity contribution in [1.29, 1.82) is 0 Å². The fourth-order valence-corrected chi connectivity index (χ4v) is 5.08. The van der Waals surface area contributed by atoms with Gasteiger partial charge in [-0.3, -0.25) is 0 Å². The maximum Gasteiger partial charge on any atom is 0.243 e. The maximum absolute atomic E-state index is 13.4. The Kier molecular flexibility index (Phi) is 5.43. The molecular formula is C17H23F2NO4S. The zero-order chi connectivity index (χ0) is 18.1. The molecule has 3 rings (SSSR count). The van der Waals surface area contributed by atoms with E-state index in [2.05, 4.69) is 0 Å². The van der Waals surface area contributed by atoms with E-state index in [0.717, 1.165) is 25.0 Å². The summed E-state index contributed by atoms with van der Waals surface area (Å²) in [4.78, 5) is -0.345. The Labute approximate surface area is 147 Å². The van der Waals surface area contributed by atoms with Crippen molar-refractivity contribution in [3.8, 4) is 0 Å². The third kappa shape index (κ3) is 4.02. The third-order valence-corrected chi connectivity index (χ3v) is 6.83. The van der Waals surface area contributed by atoms with Crippen molar-refractivity contribution in [2.24, 2.45) is 0 Å². The molecular weight excluding hydrogens is 352 g/mol. The highest BCUT2D eigenvalue weighted by Crippen LogP contribution is 2.40. The van der Waals surface area contributed by atoms with Gasteiger partial charge in [0.2, 0.25) is 10.0 Å². The van der Waals surface area contributed by atoms with Crippen molar-refractivity contribution < 1.29 is 26.7 Å². The number of hydrogen-bond donors (Lipinski definition) is 0. The summed E-state index contributed by atoms with van der Waals surface area (Å²) in [7, 11) is -3.91. The van der Waals surface area contributed by atoms with Gasteiger partial charge < -0.3 is 9.47 Å². The molecule has 140 valence electrons. The van der Waals surface area contributed by atoms with Crippen LogP contribution in [0.1, 0.15) is 32.6 Å². The number of nitrogens with zero attached hydrogens (tertiary/aromatic N) is 1. The highest BCUT2D eigenvalue weighted by molar-refractivity contribution is 7.89. The van der Waals surface area contributed by atoms with E-state index in [-0.39, 0.29) is 29.7 Å². The molecule has 2 heterocycles. The van der Waals surface area contributed by atoms with Crippen molar-refractivity contribution in [2.75, 3.05) is 26.3 Å². The van der Waals surface area contributed by atoms with Gasteiger partial charge in [-0.25, -0.2) is 17.2 Å². The summed E-state index contributed by atoms with van der Waals surface area (Å²) in [6.07, 6.45) is 2.99. The molecule has 0 aliphatic carbocycles. The van der Waals surface area contributed by atoms with E-state index in [9.17, 15) is 17.2 Å². The molecule has 0 unspecified atom stereocenters. The Bertz CT molecular complexity index is 697. The molecule has 8 heteroatoms. The lowest BCUT2D eigenvalue weighted by Crippen LogP contribution is -2.46. The van der Waals surface area contributed by atoms with Crippen molar-refractivity contribution in [1.82, 2.24) is 4.31 Å². The molecule has 2 fully saturated rings. The predicted molar refractivity (Wildman–Crippen MR) is 87.7 cm³/mol. The highest BCUT2D eigenvalue weighted by atomic mass is 32.2. The Morgan fingerprint density at radius 2 is 1.84 bits per heavy atom. The molecule has 1 aromatic carbocycles. The Balaban J connectivity index is 1.66. The molecule has 25 heavy (non-hydrogen) atoms. The molecule has 0 radical (unpaired) electrons. The van der Waals surface area contributed by atoms with Gasteiger partial charge in [0.05, 0.1) is 23.2 Å². The number of piperidine rings is 1. The Hall–Kier alpha value is -1.09. The van der Waals surface area contributed by atoms with Crippen molar-refractivity contribution in [2.45, 2.75) is 49.2 Å². The summed E-state index contributed by atoms with van der Waals surface area (Å²) in [6, 6.07) is 2.37. The summed E-state index contributed by atoms with van der Waals surface area (Å²) < 4.78 is 64.8. The van der Waals surface area contributed by atoms with E-state index < -0.39 is 21.7 Å². The second-order valence-electron chi connectivity index (χ2n) is 6.63. The molecule has 1 aromatic rings. The molecule has 0 bridgehead atoms. The number of hydrogen-bond acceptors (Lipinski definition) is 4. The monoisotopic (exact) mass is 375 g/mol. The standard InChI is InChI=1S/C17H23F2NO4S/c1-2-23-12-15-3-4-17(24-15)5-7-20(8-6-17)25(21,22)16-10-13(18)9-14(19)11-16/h9-11,15H,2-8,12H2,1H3/t15-/m1/s1. The Morgan fingerprint density at radius 1 is 1.20 bits per heavy atom. The van der Waals surface area contributed by atoms with Crippen LogP contribution in [0.2, 0.25) is 0 Å². The second-order valence-corrected chi connectivity index (χ2v) is 8.57. The van der Waals surface area contributed by atoms with Crippen LogP contribution in [0.5, 0.6) is 0 Å². The second kappa shape index (κ2) is 7.26. The van der Waals surface area contributed by atoms with Crippen LogP contribution in [0, 0.1) is 11.6 Å². The summed E-state index contributed by atoms with van der Waals surface area (Å²) in [5.74, 6) is -1.80. The molecule has 0 aromatic heterocycles. The van der Waals surface area contributed by atoms with Crippen LogP contribution >= 0.6 is 0 Å². The number of benzene rings is 1. The number of halogens is 2. The molecule has 1 spiro atoms. The predicted octanol–water partition coefficient (Wildman–Crippen LogP) is 2.70. The third-order valence-electron chi connectivity index (χ3n) is 4.95. The Morgan fingerprint density at radius 3 is 2.44 bits per heavy atom. The minimum Gasteiger partial charge on any atom is -0.379 e. The van der Waals surface area contributed by atoms with Gasteiger partial charge in [-0.05, 0) is 44.7 Å². The van der Waals surface area contributed by atoms with Crippen LogP contribution in [0.3, 0.4) is 0 Å². The van der Waals surface area contributed by atoms with Gasteiger partial charge in [0.25, 0.3) is 0 Å². The summed E-state index contributed by atoms with van der Waals surface area (Å²) in [5, 5.41) is 0. The lowest BCUT2D eigenvalue weighted by molar-refractivity contribution is -0.0900. The minimum atomic E-state index is -3.91. The highest BCUT2D eigenvalue weighted by Gasteiger charge is 2.44. The maximum atomic E-state index is 13.4. The van der Waals surface area contributed by atoms with Gasteiger partial charge in [0.1, 0.15) is 11.6 Å². The molecule has 1 atom stereocenters. The fraction of sp³-hybridized carbons (Fsp3) is 0.647. The van der Waals surface area contributed by atoms with Crippen LogP contribution in [-0.4, -0.2) is 50.7 Å². The molecule has 2 aliphatic rings. The molecule has 2 saturated heterocycles. The summed E-state index contributed by atoms with van der Waals surface area (Å²) >= 11 is 0. The number of rotatable bonds is 5. The van der Waals surface area contributed by atoms with Crippen molar-refractivity contribution >= 4 is 10.0 Å². The average Bonchev–Trinajstić information content (AvgIpc) is 2.95. The van der Waals surface area contributed by atoms with Gasteiger partial charge in [-0.15, -0.1) is 0 Å².